The summed E-state index contributed by atoms with van der Waals surface area (Å²) >= 11 is 0. The second kappa shape index (κ2) is 39.1. The molecule has 1 atom stereocenters. The van der Waals surface area contributed by atoms with E-state index >= 15 is 0 Å². The molecular formula is C46H88O6. The summed E-state index contributed by atoms with van der Waals surface area (Å²) in [5.41, 5.74) is 0. The van der Waals surface area contributed by atoms with E-state index in [1.54, 1.807) is 0 Å². The molecule has 0 unspecified atom stereocenters. The number of hydrogen-bond acceptors (Lipinski definition) is 6. The van der Waals surface area contributed by atoms with Crippen LogP contribution in [0, 0.1) is 11.8 Å². The quantitative estimate of drug-likeness (QED) is 0.0354. The molecule has 0 fully saturated rings. The fourth-order valence-electron chi connectivity index (χ4n) is 6.75. The van der Waals surface area contributed by atoms with Crippen LogP contribution < -0.4 is 0 Å². The second-order valence-electron chi connectivity index (χ2n) is 16.6. The van der Waals surface area contributed by atoms with Crippen LogP contribution in [0.1, 0.15) is 247 Å². The van der Waals surface area contributed by atoms with E-state index in [1.165, 1.54) is 135 Å². The highest BCUT2D eigenvalue weighted by molar-refractivity contribution is 5.71. The Morgan fingerprint density at radius 2 is 0.635 bits per heavy atom. The lowest BCUT2D eigenvalue weighted by Gasteiger charge is -2.18. The summed E-state index contributed by atoms with van der Waals surface area (Å²) in [6.07, 6.45) is 36.7. The minimum atomic E-state index is -0.760. The average Bonchev–Trinajstić information content (AvgIpc) is 3.11. The molecule has 0 spiro atoms. The third-order valence-electron chi connectivity index (χ3n) is 10.2. The van der Waals surface area contributed by atoms with Gasteiger partial charge in [-0.05, 0) is 31.1 Å². The van der Waals surface area contributed by atoms with Crippen molar-refractivity contribution in [1.82, 2.24) is 0 Å². The Balaban J connectivity index is 4.28. The first-order valence-electron chi connectivity index (χ1n) is 22.7. The molecule has 6 nitrogen and oxygen atoms in total. The SMILES string of the molecule is CCCCCCCCCCCCC(=O)O[C@@H](COC(=O)CCCCCCCCCCCCCCC(C)C)COC(=O)CCCCCCCCC(C)C. The van der Waals surface area contributed by atoms with Gasteiger partial charge in [-0.3, -0.25) is 14.4 Å². The molecular weight excluding hydrogens is 649 g/mol. The Kier molecular flexibility index (Phi) is 37.9. The maximum Gasteiger partial charge on any atom is 0.306 e. The first kappa shape index (κ1) is 50.4. The Bertz CT molecular complexity index is 794. The predicted molar refractivity (Wildman–Crippen MR) is 220 cm³/mol. The minimum absolute atomic E-state index is 0.0655. The smallest absolute Gasteiger partial charge is 0.306 e. The molecule has 308 valence electrons. The van der Waals surface area contributed by atoms with Crippen LogP contribution in [0.3, 0.4) is 0 Å². The zero-order chi connectivity index (χ0) is 38.3. The standard InChI is InChI=1S/C46H88O6/c1-6-7-8-9-10-11-17-21-28-33-38-46(49)52-43(40-51-45(48)37-32-27-23-22-25-30-35-42(4)5)39-50-44(47)36-31-26-20-18-15-13-12-14-16-19-24-29-34-41(2)3/h41-43H,6-40H2,1-5H3/t43-/m0/s1. The lowest BCUT2D eigenvalue weighted by Crippen LogP contribution is -2.30. The molecule has 0 rings (SSSR count). The van der Waals surface area contributed by atoms with E-state index in [2.05, 4.69) is 34.6 Å². The molecule has 0 aromatic heterocycles. The normalized spacial score (nSPS) is 12.1. The Morgan fingerprint density at radius 3 is 0.942 bits per heavy atom. The molecule has 0 aliphatic heterocycles. The Morgan fingerprint density at radius 1 is 0.365 bits per heavy atom. The van der Waals surface area contributed by atoms with Gasteiger partial charge in [-0.1, -0.05) is 208 Å². The van der Waals surface area contributed by atoms with Gasteiger partial charge in [0, 0.05) is 19.3 Å². The predicted octanol–water partition coefficient (Wildman–Crippen LogP) is 14.2. The molecule has 0 bridgehead atoms. The first-order valence-corrected chi connectivity index (χ1v) is 22.7. The van der Waals surface area contributed by atoms with E-state index in [4.69, 9.17) is 14.2 Å². The van der Waals surface area contributed by atoms with Crippen LogP contribution in [0.4, 0.5) is 0 Å². The molecule has 0 heterocycles. The Hall–Kier alpha value is -1.59. The zero-order valence-electron chi connectivity index (χ0n) is 35.4. The van der Waals surface area contributed by atoms with Crippen molar-refractivity contribution in [1.29, 1.82) is 0 Å². The van der Waals surface area contributed by atoms with Crippen molar-refractivity contribution in [2.24, 2.45) is 11.8 Å². The van der Waals surface area contributed by atoms with Gasteiger partial charge in [0.2, 0.25) is 0 Å². The van der Waals surface area contributed by atoms with E-state index in [0.29, 0.717) is 19.3 Å². The molecule has 0 saturated carbocycles. The average molecular weight is 737 g/mol. The summed E-state index contributed by atoms with van der Waals surface area (Å²) in [6.45, 7) is 11.3. The monoisotopic (exact) mass is 737 g/mol. The highest BCUT2D eigenvalue weighted by atomic mass is 16.6. The largest absolute Gasteiger partial charge is 0.462 e. The van der Waals surface area contributed by atoms with Gasteiger partial charge in [0.15, 0.2) is 6.10 Å². The van der Waals surface area contributed by atoms with Crippen LogP contribution in [-0.2, 0) is 28.6 Å². The van der Waals surface area contributed by atoms with Crippen molar-refractivity contribution in [3.05, 3.63) is 0 Å². The number of carbonyl (C=O) groups is 3. The number of ether oxygens (including phenoxy) is 3. The molecule has 52 heavy (non-hydrogen) atoms. The van der Waals surface area contributed by atoms with Crippen molar-refractivity contribution >= 4 is 17.9 Å². The molecule has 0 radical (unpaired) electrons. The van der Waals surface area contributed by atoms with Gasteiger partial charge < -0.3 is 14.2 Å². The van der Waals surface area contributed by atoms with Crippen molar-refractivity contribution in [2.45, 2.75) is 253 Å². The second-order valence-corrected chi connectivity index (χ2v) is 16.6. The van der Waals surface area contributed by atoms with Crippen molar-refractivity contribution < 1.29 is 28.6 Å². The van der Waals surface area contributed by atoms with E-state index in [-0.39, 0.29) is 31.1 Å². The molecule has 6 heteroatoms. The number of rotatable bonds is 40. The first-order chi connectivity index (χ1) is 25.2. The number of carbonyl (C=O) groups excluding carboxylic acids is 3. The molecule has 0 aromatic rings. The fourth-order valence-corrected chi connectivity index (χ4v) is 6.75. The van der Waals surface area contributed by atoms with Gasteiger partial charge in [0.25, 0.3) is 0 Å². The molecule has 0 aliphatic carbocycles. The van der Waals surface area contributed by atoms with E-state index in [0.717, 1.165) is 69.6 Å². The van der Waals surface area contributed by atoms with E-state index in [9.17, 15) is 14.4 Å². The van der Waals surface area contributed by atoms with Gasteiger partial charge in [-0.2, -0.15) is 0 Å². The van der Waals surface area contributed by atoms with Crippen molar-refractivity contribution in [2.75, 3.05) is 13.2 Å². The molecule has 0 saturated heterocycles. The molecule has 0 aromatic carbocycles. The van der Waals surface area contributed by atoms with Crippen LogP contribution >= 0.6 is 0 Å². The summed E-state index contributed by atoms with van der Waals surface area (Å²) in [5, 5.41) is 0. The highest BCUT2D eigenvalue weighted by Gasteiger charge is 2.19. The fraction of sp³-hybridized carbons (Fsp3) is 0.935. The summed E-state index contributed by atoms with van der Waals surface area (Å²) in [6, 6.07) is 0. The van der Waals surface area contributed by atoms with Crippen molar-refractivity contribution in [3.63, 3.8) is 0 Å². The van der Waals surface area contributed by atoms with Crippen LogP contribution in [0.15, 0.2) is 0 Å². The van der Waals surface area contributed by atoms with Crippen LogP contribution in [-0.4, -0.2) is 37.2 Å². The van der Waals surface area contributed by atoms with Gasteiger partial charge in [0.05, 0.1) is 0 Å². The maximum absolute atomic E-state index is 12.7. The van der Waals surface area contributed by atoms with Gasteiger partial charge >= 0.3 is 17.9 Å². The number of esters is 3. The van der Waals surface area contributed by atoms with Crippen LogP contribution in [0.2, 0.25) is 0 Å². The lowest BCUT2D eigenvalue weighted by atomic mass is 10.0. The minimum Gasteiger partial charge on any atom is -0.462 e. The lowest BCUT2D eigenvalue weighted by molar-refractivity contribution is -0.167. The van der Waals surface area contributed by atoms with Gasteiger partial charge in [0.1, 0.15) is 13.2 Å². The maximum atomic E-state index is 12.7. The molecule has 0 aliphatic rings. The van der Waals surface area contributed by atoms with Gasteiger partial charge in [-0.25, -0.2) is 0 Å². The van der Waals surface area contributed by atoms with Gasteiger partial charge in [-0.15, -0.1) is 0 Å². The van der Waals surface area contributed by atoms with E-state index < -0.39 is 6.10 Å². The summed E-state index contributed by atoms with van der Waals surface area (Å²) in [4.78, 5) is 37.6. The summed E-state index contributed by atoms with van der Waals surface area (Å²) < 4.78 is 16.7. The molecule has 0 amide bonds. The third kappa shape index (κ3) is 39.6. The zero-order valence-corrected chi connectivity index (χ0v) is 35.4. The molecule has 0 N–H and O–H groups in total. The van der Waals surface area contributed by atoms with Crippen LogP contribution in [0.25, 0.3) is 0 Å². The number of hydrogen-bond donors (Lipinski definition) is 0. The van der Waals surface area contributed by atoms with E-state index in [1.807, 2.05) is 0 Å². The Labute approximate surface area is 323 Å². The summed E-state index contributed by atoms with van der Waals surface area (Å²) in [5.74, 6) is 0.734. The van der Waals surface area contributed by atoms with Crippen LogP contribution in [0.5, 0.6) is 0 Å². The summed E-state index contributed by atoms with van der Waals surface area (Å²) in [7, 11) is 0. The topological polar surface area (TPSA) is 78.9 Å². The number of unbranched alkanes of at least 4 members (excludes halogenated alkanes) is 25. The van der Waals surface area contributed by atoms with Crippen molar-refractivity contribution in [3.8, 4) is 0 Å². The highest BCUT2D eigenvalue weighted by Crippen LogP contribution is 2.16. The third-order valence-corrected chi connectivity index (χ3v) is 10.2.